The number of aromatic hydroxyl groups is 1. The Morgan fingerprint density at radius 2 is 2.18 bits per heavy atom. The lowest BCUT2D eigenvalue weighted by atomic mass is 10.2. The summed E-state index contributed by atoms with van der Waals surface area (Å²) in [5, 5.41) is 18.8. The molecule has 0 aliphatic rings. The van der Waals surface area contributed by atoms with Crippen LogP contribution in [0.25, 0.3) is 0 Å². The van der Waals surface area contributed by atoms with Crippen LogP contribution in [0.4, 0.5) is 5.82 Å². The van der Waals surface area contributed by atoms with Crippen molar-refractivity contribution in [2.24, 2.45) is 0 Å². The standard InChI is InChI=1S/C10H7I2N3O2/c11-5-3-6(9(16)7(12)4-5)10(17)14-8-1-2-13-15-8/h1-4,16H,(H2,13,14,15,17). The van der Waals surface area contributed by atoms with Gasteiger partial charge in [-0.25, -0.2) is 0 Å². The second-order valence-electron chi connectivity index (χ2n) is 3.21. The number of aromatic nitrogens is 2. The number of halogens is 2. The number of H-pyrrole nitrogens is 1. The van der Waals surface area contributed by atoms with Gasteiger partial charge in [0, 0.05) is 9.64 Å². The monoisotopic (exact) mass is 455 g/mol. The summed E-state index contributed by atoms with van der Waals surface area (Å²) in [5.74, 6) is 0.106. The van der Waals surface area contributed by atoms with Crippen molar-refractivity contribution in [2.45, 2.75) is 0 Å². The van der Waals surface area contributed by atoms with E-state index in [0.717, 1.165) is 3.57 Å². The fraction of sp³-hybridized carbons (Fsp3) is 0. The molecule has 2 rings (SSSR count). The molecule has 1 amide bonds. The molecule has 0 saturated heterocycles. The molecule has 5 nitrogen and oxygen atoms in total. The molecule has 0 saturated carbocycles. The smallest absolute Gasteiger partial charge is 0.260 e. The molecule has 1 heterocycles. The number of carbonyl (C=O) groups excluding carboxylic acids is 1. The molecule has 0 bridgehead atoms. The number of aromatic amines is 1. The first-order valence-corrected chi connectivity index (χ1v) is 6.72. The average Bonchev–Trinajstić information content (AvgIpc) is 2.76. The van der Waals surface area contributed by atoms with E-state index < -0.39 is 0 Å². The molecule has 0 aliphatic carbocycles. The molecule has 1 aromatic carbocycles. The van der Waals surface area contributed by atoms with Crippen LogP contribution >= 0.6 is 45.2 Å². The Bertz CT molecular complexity index is 555. The van der Waals surface area contributed by atoms with E-state index in [0.29, 0.717) is 9.39 Å². The first-order valence-electron chi connectivity index (χ1n) is 4.56. The van der Waals surface area contributed by atoms with Gasteiger partial charge in [0.2, 0.25) is 0 Å². The first-order chi connectivity index (χ1) is 8.08. The first kappa shape index (κ1) is 12.6. The van der Waals surface area contributed by atoms with E-state index in [1.807, 2.05) is 22.6 Å². The topological polar surface area (TPSA) is 78.0 Å². The predicted molar refractivity (Wildman–Crippen MR) is 80.1 cm³/mol. The number of hydrogen-bond acceptors (Lipinski definition) is 3. The summed E-state index contributed by atoms with van der Waals surface area (Å²) < 4.78 is 1.53. The van der Waals surface area contributed by atoms with Gasteiger partial charge in [0.1, 0.15) is 11.6 Å². The van der Waals surface area contributed by atoms with Gasteiger partial charge in [-0.2, -0.15) is 5.10 Å². The number of phenols is 1. The largest absolute Gasteiger partial charge is 0.506 e. The third-order valence-electron chi connectivity index (χ3n) is 2.02. The average molecular weight is 455 g/mol. The SMILES string of the molecule is O=C(Nc1ccn[nH]1)c1cc(I)cc(I)c1O. The van der Waals surface area contributed by atoms with Gasteiger partial charge in [0.15, 0.2) is 0 Å². The zero-order chi connectivity index (χ0) is 12.4. The van der Waals surface area contributed by atoms with Crippen LogP contribution in [0.2, 0.25) is 0 Å². The normalized spacial score (nSPS) is 10.2. The summed E-state index contributed by atoms with van der Waals surface area (Å²) in [7, 11) is 0. The van der Waals surface area contributed by atoms with Crippen molar-refractivity contribution in [2.75, 3.05) is 5.32 Å². The Hall–Kier alpha value is -0.840. The lowest BCUT2D eigenvalue weighted by Gasteiger charge is -2.07. The lowest BCUT2D eigenvalue weighted by molar-refractivity contribution is 0.102. The van der Waals surface area contributed by atoms with Crippen molar-refractivity contribution in [3.8, 4) is 5.75 Å². The number of nitrogens with zero attached hydrogens (tertiary/aromatic N) is 1. The zero-order valence-corrected chi connectivity index (χ0v) is 12.7. The Labute approximate surface area is 124 Å². The van der Waals surface area contributed by atoms with Crippen LogP contribution in [0.15, 0.2) is 24.4 Å². The Morgan fingerprint density at radius 3 is 2.82 bits per heavy atom. The van der Waals surface area contributed by atoms with Gasteiger partial charge in [-0.3, -0.25) is 9.89 Å². The third kappa shape index (κ3) is 2.89. The highest BCUT2D eigenvalue weighted by molar-refractivity contribution is 14.1. The van der Waals surface area contributed by atoms with Crippen molar-refractivity contribution in [1.82, 2.24) is 10.2 Å². The number of anilines is 1. The lowest BCUT2D eigenvalue weighted by Crippen LogP contribution is -2.13. The number of nitrogens with one attached hydrogen (secondary N) is 2. The molecule has 2 aromatic rings. The fourth-order valence-corrected chi connectivity index (χ4v) is 3.10. The molecule has 0 unspecified atom stereocenters. The number of amides is 1. The van der Waals surface area contributed by atoms with Crippen molar-refractivity contribution >= 4 is 56.9 Å². The van der Waals surface area contributed by atoms with Crippen LogP contribution in [0.5, 0.6) is 5.75 Å². The van der Waals surface area contributed by atoms with Gasteiger partial charge in [0.25, 0.3) is 5.91 Å². The maximum atomic E-state index is 11.9. The van der Waals surface area contributed by atoms with E-state index in [9.17, 15) is 9.90 Å². The van der Waals surface area contributed by atoms with E-state index in [1.165, 1.54) is 6.20 Å². The molecule has 0 aliphatic heterocycles. The molecular formula is C10H7I2N3O2. The summed E-state index contributed by atoms with van der Waals surface area (Å²) >= 11 is 4.08. The van der Waals surface area contributed by atoms with Crippen molar-refractivity contribution in [3.63, 3.8) is 0 Å². The summed E-state index contributed by atoms with van der Waals surface area (Å²) in [6.45, 7) is 0. The van der Waals surface area contributed by atoms with Crippen molar-refractivity contribution in [1.29, 1.82) is 0 Å². The molecule has 17 heavy (non-hydrogen) atoms. The molecule has 88 valence electrons. The van der Waals surface area contributed by atoms with Gasteiger partial charge < -0.3 is 10.4 Å². The third-order valence-corrected chi connectivity index (χ3v) is 3.47. The Balaban J connectivity index is 2.31. The van der Waals surface area contributed by atoms with Gasteiger partial charge in [-0.05, 0) is 57.3 Å². The number of hydrogen-bond donors (Lipinski definition) is 3. The highest BCUT2D eigenvalue weighted by atomic mass is 127. The highest BCUT2D eigenvalue weighted by Gasteiger charge is 2.15. The summed E-state index contributed by atoms with van der Waals surface area (Å²) in [6.07, 6.45) is 1.54. The highest BCUT2D eigenvalue weighted by Crippen LogP contribution is 2.27. The van der Waals surface area contributed by atoms with E-state index >= 15 is 0 Å². The van der Waals surface area contributed by atoms with Crippen LogP contribution in [0.1, 0.15) is 10.4 Å². The van der Waals surface area contributed by atoms with E-state index in [4.69, 9.17) is 0 Å². The summed E-state index contributed by atoms with van der Waals surface area (Å²) in [6, 6.07) is 5.06. The van der Waals surface area contributed by atoms with Gasteiger partial charge in [-0.15, -0.1) is 0 Å². The molecule has 0 spiro atoms. The van der Waals surface area contributed by atoms with Crippen LogP contribution in [0, 0.1) is 7.14 Å². The van der Waals surface area contributed by atoms with Crippen LogP contribution in [-0.2, 0) is 0 Å². The van der Waals surface area contributed by atoms with Crippen molar-refractivity contribution < 1.29 is 9.90 Å². The number of phenolic OH excluding ortho intramolecular Hbond substituents is 1. The predicted octanol–water partition coefficient (Wildman–Crippen LogP) is 2.58. The second kappa shape index (κ2) is 5.21. The quantitative estimate of drug-likeness (QED) is 0.610. The van der Waals surface area contributed by atoms with Gasteiger partial charge in [0.05, 0.1) is 15.3 Å². The summed E-state index contributed by atoms with van der Waals surface area (Å²) in [5.41, 5.74) is 0.246. The number of carbonyl (C=O) groups is 1. The maximum Gasteiger partial charge on any atom is 0.260 e. The molecule has 7 heteroatoms. The molecule has 0 atom stereocenters. The molecule has 0 fully saturated rings. The van der Waals surface area contributed by atoms with Crippen molar-refractivity contribution in [3.05, 3.63) is 37.1 Å². The minimum Gasteiger partial charge on any atom is -0.506 e. The molecule has 1 aromatic heterocycles. The van der Waals surface area contributed by atoms with Crippen LogP contribution in [0.3, 0.4) is 0 Å². The minimum absolute atomic E-state index is 0.0111. The Kier molecular flexibility index (Phi) is 3.86. The minimum atomic E-state index is -0.372. The molecular weight excluding hydrogens is 448 g/mol. The zero-order valence-electron chi connectivity index (χ0n) is 8.37. The Morgan fingerprint density at radius 1 is 1.41 bits per heavy atom. The number of benzene rings is 1. The molecule has 0 radical (unpaired) electrons. The molecule has 3 N–H and O–H groups in total. The fourth-order valence-electron chi connectivity index (χ4n) is 1.25. The van der Waals surface area contributed by atoms with Crippen LogP contribution < -0.4 is 5.32 Å². The van der Waals surface area contributed by atoms with Gasteiger partial charge >= 0.3 is 0 Å². The number of rotatable bonds is 2. The van der Waals surface area contributed by atoms with Crippen LogP contribution in [-0.4, -0.2) is 21.2 Å². The van der Waals surface area contributed by atoms with E-state index in [2.05, 4.69) is 38.1 Å². The van der Waals surface area contributed by atoms with Gasteiger partial charge in [-0.1, -0.05) is 0 Å². The van der Waals surface area contributed by atoms with E-state index in [-0.39, 0.29) is 17.2 Å². The summed E-state index contributed by atoms with van der Waals surface area (Å²) in [4.78, 5) is 11.9. The maximum absolute atomic E-state index is 11.9. The second-order valence-corrected chi connectivity index (χ2v) is 5.62. The van der Waals surface area contributed by atoms with E-state index in [1.54, 1.807) is 18.2 Å².